The lowest BCUT2D eigenvalue weighted by Gasteiger charge is -2.19. The van der Waals surface area contributed by atoms with Crippen LogP contribution in [-0.4, -0.2) is 10.7 Å². The fourth-order valence-corrected chi connectivity index (χ4v) is 6.06. The largest absolute Gasteiger partial charge is 0.306 e. The average Bonchev–Trinajstić information content (AvgIpc) is 3.01. The van der Waals surface area contributed by atoms with Crippen LogP contribution in [-0.2, 0) is 0 Å². The van der Waals surface area contributed by atoms with Gasteiger partial charge in [-0.2, -0.15) is 0 Å². The van der Waals surface area contributed by atoms with Crippen LogP contribution in [0.15, 0.2) is 128 Å². The number of fused-ring (bicyclic) bond motifs is 2. The van der Waals surface area contributed by atoms with E-state index >= 15 is 0 Å². The van der Waals surface area contributed by atoms with Crippen LogP contribution in [0.1, 0.15) is 37.3 Å². The Morgan fingerprint density at radius 1 is 0.732 bits per heavy atom. The second-order valence-corrected chi connectivity index (χ2v) is 10.8. The number of hydrogen-bond donors (Lipinski definition) is 1. The first-order chi connectivity index (χ1) is 20.0. The first kappa shape index (κ1) is 26.4. The lowest BCUT2D eigenvalue weighted by Crippen LogP contribution is -1.95. The molecular formula is C39H34N2. The van der Waals surface area contributed by atoms with Crippen molar-refractivity contribution in [2.75, 3.05) is 0 Å². The highest BCUT2D eigenvalue weighted by Gasteiger charge is 2.17. The molecule has 1 N–H and O–H groups in total. The Morgan fingerprint density at radius 3 is 1.83 bits per heavy atom. The number of hydrogen-bond acceptors (Lipinski definition) is 2. The van der Waals surface area contributed by atoms with Crippen molar-refractivity contribution in [2.45, 2.75) is 33.1 Å². The number of nitrogens with zero attached hydrogens (tertiary/aromatic N) is 1. The van der Waals surface area contributed by atoms with Crippen molar-refractivity contribution in [3.63, 3.8) is 0 Å². The molecule has 0 bridgehead atoms. The second kappa shape index (κ2) is 11.3. The van der Waals surface area contributed by atoms with Crippen LogP contribution in [0.4, 0.5) is 0 Å². The van der Waals surface area contributed by atoms with E-state index in [1.807, 2.05) is 31.5 Å². The van der Waals surface area contributed by atoms with Gasteiger partial charge in [-0.15, -0.1) is 0 Å². The molecule has 2 nitrogen and oxygen atoms in total. The van der Waals surface area contributed by atoms with E-state index in [9.17, 15) is 0 Å². The number of pyridine rings is 1. The molecule has 1 atom stereocenters. The van der Waals surface area contributed by atoms with E-state index in [1.165, 1.54) is 60.5 Å². The van der Waals surface area contributed by atoms with Gasteiger partial charge in [-0.05, 0) is 92.9 Å². The molecule has 5 aromatic carbocycles. The van der Waals surface area contributed by atoms with Crippen LogP contribution in [0.25, 0.3) is 54.9 Å². The summed E-state index contributed by atoms with van der Waals surface area (Å²) in [6.45, 7) is 6.21. The van der Waals surface area contributed by atoms with Crippen LogP contribution in [0.5, 0.6) is 0 Å². The van der Waals surface area contributed by atoms with Crippen LogP contribution in [0.2, 0.25) is 0 Å². The topological polar surface area (TPSA) is 36.7 Å². The number of allylic oxidation sites excluding steroid dienone is 2. The molecule has 6 aromatic rings. The Hall–Kier alpha value is -4.82. The van der Waals surface area contributed by atoms with Crippen molar-refractivity contribution in [1.29, 1.82) is 5.41 Å². The van der Waals surface area contributed by atoms with Crippen molar-refractivity contribution >= 4 is 27.3 Å². The zero-order chi connectivity index (χ0) is 28.3. The predicted molar refractivity (Wildman–Crippen MR) is 176 cm³/mol. The quantitative estimate of drug-likeness (QED) is 0.162. The van der Waals surface area contributed by atoms with E-state index in [4.69, 9.17) is 5.41 Å². The standard InChI is InChI=1S/C39H34N2/c1-4-28(16-15-27(3)40)29-17-19-30(20-18-29)38-34-11-5-7-13-36(34)39(37-14-8-6-12-35(37)38)31-21-22-33(26(2)24-31)32-10-9-23-41-25-32/h5-25,28,40H,4H2,1-3H3/b16-15-,40-27?. The summed E-state index contributed by atoms with van der Waals surface area (Å²) in [6, 6.07) is 37.6. The third-order valence-electron chi connectivity index (χ3n) is 8.06. The maximum atomic E-state index is 7.78. The molecule has 41 heavy (non-hydrogen) atoms. The first-order valence-corrected chi connectivity index (χ1v) is 14.3. The Labute approximate surface area is 242 Å². The highest BCUT2D eigenvalue weighted by atomic mass is 14.6. The summed E-state index contributed by atoms with van der Waals surface area (Å²) in [5.74, 6) is 0.304. The Kier molecular flexibility index (Phi) is 7.31. The van der Waals surface area contributed by atoms with Crippen LogP contribution in [0.3, 0.4) is 0 Å². The van der Waals surface area contributed by atoms with Crippen molar-refractivity contribution in [1.82, 2.24) is 4.98 Å². The molecule has 1 unspecified atom stereocenters. The van der Waals surface area contributed by atoms with E-state index in [-0.39, 0.29) is 0 Å². The molecule has 2 heteroatoms. The van der Waals surface area contributed by atoms with Gasteiger partial charge >= 0.3 is 0 Å². The van der Waals surface area contributed by atoms with Crippen molar-refractivity contribution in [3.8, 4) is 33.4 Å². The van der Waals surface area contributed by atoms with E-state index in [2.05, 4.69) is 122 Å². The Balaban J connectivity index is 1.53. The SMILES string of the molecule is CCC(/C=C\C(C)=N)c1ccc(-c2c3ccccc3c(-c3ccc(-c4cccnc4)c(C)c3)c3ccccc23)cc1. The molecule has 0 aliphatic carbocycles. The molecule has 0 saturated heterocycles. The number of benzene rings is 5. The summed E-state index contributed by atoms with van der Waals surface area (Å²) >= 11 is 0. The summed E-state index contributed by atoms with van der Waals surface area (Å²) in [4.78, 5) is 4.33. The molecule has 1 aromatic heterocycles. The normalized spacial score (nSPS) is 12.3. The highest BCUT2D eigenvalue weighted by molar-refractivity contribution is 6.21. The summed E-state index contributed by atoms with van der Waals surface area (Å²) in [6.07, 6.45) is 8.81. The average molecular weight is 531 g/mol. The zero-order valence-electron chi connectivity index (χ0n) is 23.9. The van der Waals surface area contributed by atoms with Crippen LogP contribution >= 0.6 is 0 Å². The molecule has 0 radical (unpaired) electrons. The lowest BCUT2D eigenvalue weighted by molar-refractivity contribution is 0.806. The van der Waals surface area contributed by atoms with Gasteiger partial charge in [0.05, 0.1) is 0 Å². The highest BCUT2D eigenvalue weighted by Crippen LogP contribution is 2.44. The van der Waals surface area contributed by atoms with Gasteiger partial charge in [0, 0.05) is 29.6 Å². The van der Waals surface area contributed by atoms with E-state index in [0.717, 1.165) is 12.0 Å². The summed E-state index contributed by atoms with van der Waals surface area (Å²) in [5.41, 5.74) is 10.4. The molecule has 6 rings (SSSR count). The first-order valence-electron chi connectivity index (χ1n) is 14.3. The molecule has 0 amide bonds. The molecule has 0 fully saturated rings. The summed E-state index contributed by atoms with van der Waals surface area (Å²) < 4.78 is 0. The van der Waals surface area contributed by atoms with Crippen molar-refractivity contribution in [2.24, 2.45) is 0 Å². The van der Waals surface area contributed by atoms with Gasteiger partial charge in [0.25, 0.3) is 0 Å². The molecule has 200 valence electrons. The van der Waals surface area contributed by atoms with Gasteiger partial charge in [0.1, 0.15) is 0 Å². The third kappa shape index (κ3) is 5.10. The lowest BCUT2D eigenvalue weighted by atomic mass is 9.84. The van der Waals surface area contributed by atoms with Crippen LogP contribution in [0, 0.1) is 12.3 Å². The third-order valence-corrected chi connectivity index (χ3v) is 8.06. The van der Waals surface area contributed by atoms with Crippen LogP contribution < -0.4 is 0 Å². The van der Waals surface area contributed by atoms with E-state index < -0.39 is 0 Å². The maximum Gasteiger partial charge on any atom is 0.0346 e. The van der Waals surface area contributed by atoms with E-state index in [1.54, 1.807) is 0 Å². The minimum atomic E-state index is 0.304. The maximum absolute atomic E-state index is 7.78. The van der Waals surface area contributed by atoms with Crippen molar-refractivity contribution < 1.29 is 0 Å². The van der Waals surface area contributed by atoms with E-state index in [0.29, 0.717) is 11.6 Å². The Bertz CT molecular complexity index is 1840. The van der Waals surface area contributed by atoms with Gasteiger partial charge < -0.3 is 5.41 Å². The smallest absolute Gasteiger partial charge is 0.0346 e. The molecular weight excluding hydrogens is 496 g/mol. The number of aryl methyl sites for hydroxylation is 1. The molecule has 1 heterocycles. The number of rotatable bonds is 7. The molecule has 0 aliphatic heterocycles. The Morgan fingerprint density at radius 2 is 1.32 bits per heavy atom. The molecule has 0 aliphatic rings. The molecule has 0 saturated carbocycles. The van der Waals surface area contributed by atoms with Gasteiger partial charge in [-0.1, -0.05) is 110 Å². The summed E-state index contributed by atoms with van der Waals surface area (Å²) in [5, 5.41) is 12.8. The van der Waals surface area contributed by atoms with Gasteiger partial charge in [-0.3, -0.25) is 4.98 Å². The second-order valence-electron chi connectivity index (χ2n) is 10.8. The van der Waals surface area contributed by atoms with Gasteiger partial charge in [0.15, 0.2) is 0 Å². The fraction of sp³-hybridized carbons (Fsp3) is 0.128. The molecule has 0 spiro atoms. The number of aromatic nitrogens is 1. The minimum absolute atomic E-state index is 0.304. The van der Waals surface area contributed by atoms with Gasteiger partial charge in [0.2, 0.25) is 0 Å². The summed E-state index contributed by atoms with van der Waals surface area (Å²) in [7, 11) is 0. The van der Waals surface area contributed by atoms with Gasteiger partial charge in [-0.25, -0.2) is 0 Å². The predicted octanol–water partition coefficient (Wildman–Crippen LogP) is 10.8. The minimum Gasteiger partial charge on any atom is -0.306 e. The fourth-order valence-electron chi connectivity index (χ4n) is 6.06. The monoisotopic (exact) mass is 530 g/mol. The zero-order valence-corrected chi connectivity index (χ0v) is 23.9. The number of nitrogens with one attached hydrogen (secondary N) is 1. The van der Waals surface area contributed by atoms with Crippen molar-refractivity contribution in [3.05, 3.63) is 139 Å².